The van der Waals surface area contributed by atoms with E-state index in [0.717, 1.165) is 5.56 Å². The van der Waals surface area contributed by atoms with Crippen molar-refractivity contribution in [3.63, 3.8) is 0 Å². The number of rotatable bonds is 5. The van der Waals surface area contributed by atoms with Crippen molar-refractivity contribution in [1.29, 1.82) is 0 Å². The summed E-state index contributed by atoms with van der Waals surface area (Å²) in [6, 6.07) is 7.21. The minimum atomic E-state index is -3.00. The number of sulfone groups is 1. The van der Waals surface area contributed by atoms with E-state index in [9.17, 15) is 13.2 Å². The minimum absolute atomic E-state index is 0.0364. The number of carbonyl (C=O) groups excluding carboxylic acids is 1. The minimum Gasteiger partial charge on any atom is -0.356 e. The topological polar surface area (TPSA) is 75.3 Å². The average Bonchev–Trinajstić information content (AvgIpc) is 2.37. The summed E-state index contributed by atoms with van der Waals surface area (Å²) < 4.78 is 23.0. The fourth-order valence-corrected chi connectivity index (χ4v) is 3.99. The second kappa shape index (κ2) is 7.24. The van der Waals surface area contributed by atoms with Gasteiger partial charge in [0.1, 0.15) is 0 Å². The van der Waals surface area contributed by atoms with Crippen LogP contribution < -0.4 is 10.6 Å². The van der Waals surface area contributed by atoms with Crippen LogP contribution in [0.2, 0.25) is 5.02 Å². The molecule has 21 heavy (non-hydrogen) atoms. The highest BCUT2D eigenvalue weighted by molar-refractivity contribution is 7.91. The Bertz CT molecular complexity index is 604. The first-order valence-electron chi connectivity index (χ1n) is 6.89. The summed E-state index contributed by atoms with van der Waals surface area (Å²) >= 11 is 5.89. The van der Waals surface area contributed by atoms with Crippen LogP contribution in [0.15, 0.2) is 24.3 Å². The number of carbonyl (C=O) groups is 1. The van der Waals surface area contributed by atoms with Gasteiger partial charge >= 0.3 is 0 Å². The van der Waals surface area contributed by atoms with E-state index in [2.05, 4.69) is 10.6 Å². The van der Waals surface area contributed by atoms with Gasteiger partial charge in [-0.2, -0.15) is 0 Å². The molecule has 1 unspecified atom stereocenters. The third-order valence-corrected chi connectivity index (χ3v) is 5.33. The van der Waals surface area contributed by atoms with Crippen molar-refractivity contribution in [2.45, 2.75) is 18.9 Å². The van der Waals surface area contributed by atoms with Crippen molar-refractivity contribution in [1.82, 2.24) is 10.6 Å². The highest BCUT2D eigenvalue weighted by Gasteiger charge is 2.25. The standard InChI is InChI=1S/C14H19ClN2O3S/c15-12-3-1-2-11(8-12)4-5-17-14(18)9-13-10-21(19,20)7-6-16-13/h1-3,8,13,16H,4-7,9-10H2,(H,17,18). The molecule has 1 amide bonds. The predicted octanol–water partition coefficient (Wildman–Crippen LogP) is 0.775. The van der Waals surface area contributed by atoms with Gasteiger partial charge < -0.3 is 10.6 Å². The Morgan fingerprint density at radius 1 is 1.43 bits per heavy atom. The Kier molecular flexibility index (Phi) is 5.61. The molecule has 1 aromatic carbocycles. The van der Waals surface area contributed by atoms with Gasteiger partial charge in [-0.25, -0.2) is 8.42 Å². The van der Waals surface area contributed by atoms with Crippen molar-refractivity contribution in [2.75, 3.05) is 24.6 Å². The van der Waals surface area contributed by atoms with Gasteiger partial charge in [-0.3, -0.25) is 4.79 Å². The van der Waals surface area contributed by atoms with E-state index < -0.39 is 9.84 Å². The monoisotopic (exact) mass is 330 g/mol. The summed E-state index contributed by atoms with van der Waals surface area (Å²) in [6.07, 6.45) is 0.886. The zero-order valence-corrected chi connectivity index (χ0v) is 13.2. The Balaban J connectivity index is 1.72. The number of hydrogen-bond acceptors (Lipinski definition) is 4. The van der Waals surface area contributed by atoms with E-state index in [1.807, 2.05) is 18.2 Å². The molecule has 0 radical (unpaired) electrons. The molecule has 1 atom stereocenters. The Hall–Kier alpha value is -1.11. The van der Waals surface area contributed by atoms with Crippen molar-refractivity contribution in [2.24, 2.45) is 0 Å². The maximum atomic E-state index is 11.8. The third-order valence-electron chi connectivity index (χ3n) is 3.36. The molecule has 116 valence electrons. The summed E-state index contributed by atoms with van der Waals surface area (Å²) in [5.41, 5.74) is 1.06. The van der Waals surface area contributed by atoms with Gasteiger partial charge in [0.15, 0.2) is 9.84 Å². The smallest absolute Gasteiger partial charge is 0.221 e. The molecule has 0 aliphatic carbocycles. The molecular formula is C14H19ClN2O3S. The lowest BCUT2D eigenvalue weighted by molar-refractivity contribution is -0.121. The fourth-order valence-electron chi connectivity index (χ4n) is 2.33. The first-order valence-corrected chi connectivity index (χ1v) is 9.09. The van der Waals surface area contributed by atoms with Crippen molar-refractivity contribution >= 4 is 27.3 Å². The zero-order valence-electron chi connectivity index (χ0n) is 11.6. The molecule has 5 nitrogen and oxygen atoms in total. The molecule has 0 saturated carbocycles. The molecule has 2 rings (SSSR count). The van der Waals surface area contributed by atoms with Gasteiger partial charge in [-0.05, 0) is 24.1 Å². The Labute approximate surface area is 130 Å². The van der Waals surface area contributed by atoms with Gasteiger partial charge in [0.25, 0.3) is 0 Å². The van der Waals surface area contributed by atoms with Crippen LogP contribution in [0, 0.1) is 0 Å². The Morgan fingerprint density at radius 3 is 2.95 bits per heavy atom. The van der Waals surface area contributed by atoms with Crippen LogP contribution in [0.5, 0.6) is 0 Å². The van der Waals surface area contributed by atoms with Crippen LogP contribution in [-0.4, -0.2) is 45.0 Å². The highest BCUT2D eigenvalue weighted by atomic mass is 35.5. The van der Waals surface area contributed by atoms with E-state index in [4.69, 9.17) is 11.6 Å². The molecule has 0 aromatic heterocycles. The number of hydrogen-bond donors (Lipinski definition) is 2. The van der Waals surface area contributed by atoms with Crippen LogP contribution in [-0.2, 0) is 21.1 Å². The first-order chi connectivity index (χ1) is 9.94. The first kappa shape index (κ1) is 16.3. The second-order valence-electron chi connectivity index (χ2n) is 5.20. The fraction of sp³-hybridized carbons (Fsp3) is 0.500. The quantitative estimate of drug-likeness (QED) is 0.836. The summed E-state index contributed by atoms with van der Waals surface area (Å²) in [7, 11) is -3.00. The molecule has 2 N–H and O–H groups in total. The molecule has 1 heterocycles. The van der Waals surface area contributed by atoms with E-state index in [0.29, 0.717) is 24.5 Å². The molecule has 1 aliphatic rings. The van der Waals surface area contributed by atoms with E-state index >= 15 is 0 Å². The zero-order chi connectivity index (χ0) is 15.3. The molecule has 1 fully saturated rings. The van der Waals surface area contributed by atoms with Gasteiger partial charge in [0.05, 0.1) is 11.5 Å². The summed E-state index contributed by atoms with van der Waals surface area (Å²) in [6.45, 7) is 0.932. The van der Waals surface area contributed by atoms with E-state index in [-0.39, 0.29) is 29.9 Å². The van der Waals surface area contributed by atoms with Crippen LogP contribution in [0.4, 0.5) is 0 Å². The predicted molar refractivity (Wildman–Crippen MR) is 83.2 cm³/mol. The van der Waals surface area contributed by atoms with E-state index in [1.54, 1.807) is 6.07 Å². The largest absolute Gasteiger partial charge is 0.356 e. The lowest BCUT2D eigenvalue weighted by Gasteiger charge is -2.23. The highest BCUT2D eigenvalue weighted by Crippen LogP contribution is 2.10. The van der Waals surface area contributed by atoms with Gasteiger partial charge in [-0.15, -0.1) is 0 Å². The Morgan fingerprint density at radius 2 is 2.24 bits per heavy atom. The van der Waals surface area contributed by atoms with Crippen molar-refractivity contribution in [3.05, 3.63) is 34.9 Å². The second-order valence-corrected chi connectivity index (χ2v) is 7.86. The molecular weight excluding hydrogens is 312 g/mol. The maximum absolute atomic E-state index is 11.8. The number of halogens is 1. The third kappa shape index (κ3) is 5.65. The molecule has 1 saturated heterocycles. The summed E-state index contributed by atoms with van der Waals surface area (Å²) in [5.74, 6) is 0.0563. The van der Waals surface area contributed by atoms with Gasteiger partial charge in [0, 0.05) is 30.6 Å². The molecule has 1 aromatic rings. The summed E-state index contributed by atoms with van der Waals surface area (Å²) in [5, 5.41) is 6.55. The van der Waals surface area contributed by atoms with Crippen LogP contribution in [0.25, 0.3) is 0 Å². The van der Waals surface area contributed by atoms with Gasteiger partial charge in [-0.1, -0.05) is 23.7 Å². The number of nitrogens with one attached hydrogen (secondary N) is 2. The van der Waals surface area contributed by atoms with Gasteiger partial charge in [0.2, 0.25) is 5.91 Å². The van der Waals surface area contributed by atoms with Crippen LogP contribution in [0.1, 0.15) is 12.0 Å². The van der Waals surface area contributed by atoms with E-state index in [1.165, 1.54) is 0 Å². The summed E-state index contributed by atoms with van der Waals surface area (Å²) in [4.78, 5) is 11.8. The number of amides is 1. The molecule has 7 heteroatoms. The average molecular weight is 331 g/mol. The maximum Gasteiger partial charge on any atom is 0.221 e. The molecule has 1 aliphatic heterocycles. The lowest BCUT2D eigenvalue weighted by Crippen LogP contribution is -2.47. The molecule has 0 bridgehead atoms. The van der Waals surface area contributed by atoms with Crippen molar-refractivity contribution < 1.29 is 13.2 Å². The van der Waals surface area contributed by atoms with Crippen LogP contribution in [0.3, 0.4) is 0 Å². The molecule has 0 spiro atoms. The van der Waals surface area contributed by atoms with Crippen molar-refractivity contribution in [3.8, 4) is 0 Å². The van der Waals surface area contributed by atoms with Crippen LogP contribution >= 0.6 is 11.6 Å². The normalized spacial score (nSPS) is 20.9. The SMILES string of the molecule is O=C(CC1CS(=O)(=O)CCN1)NCCc1cccc(Cl)c1. The number of benzene rings is 1. The lowest BCUT2D eigenvalue weighted by atomic mass is 10.1.